The van der Waals surface area contributed by atoms with Gasteiger partial charge in [0.15, 0.2) is 0 Å². The van der Waals surface area contributed by atoms with E-state index in [0.717, 1.165) is 0 Å². The average molecular weight is 356 g/mol. The third kappa shape index (κ3) is 4.65. The standard InChI is InChI=1S/C15H24N4O4S/c1-3-16-14(20)12-18-7-4-8-19(10-9-18)24(21,22)13-5-6-15(23-2)17-11-13/h5-6,11H,3-4,7-10,12H2,1-2H3,(H,16,20). The van der Waals surface area contributed by atoms with Gasteiger partial charge in [-0.15, -0.1) is 0 Å². The minimum atomic E-state index is -3.58. The van der Waals surface area contributed by atoms with Crippen LogP contribution < -0.4 is 10.1 Å². The Balaban J connectivity index is 2.02. The van der Waals surface area contributed by atoms with Gasteiger partial charge in [0.05, 0.1) is 19.9 Å². The molecule has 0 spiro atoms. The van der Waals surface area contributed by atoms with E-state index in [1.807, 2.05) is 11.8 Å². The van der Waals surface area contributed by atoms with Gasteiger partial charge in [-0.25, -0.2) is 13.4 Å². The number of amides is 1. The van der Waals surface area contributed by atoms with Crippen LogP contribution in [0.25, 0.3) is 0 Å². The summed E-state index contributed by atoms with van der Waals surface area (Å²) in [6.45, 7) is 4.78. The summed E-state index contributed by atoms with van der Waals surface area (Å²) in [5, 5.41) is 2.76. The summed E-state index contributed by atoms with van der Waals surface area (Å²) in [4.78, 5) is 17.8. The largest absolute Gasteiger partial charge is 0.481 e. The van der Waals surface area contributed by atoms with E-state index in [1.54, 1.807) is 0 Å². The van der Waals surface area contributed by atoms with Gasteiger partial charge in [-0.2, -0.15) is 4.31 Å². The van der Waals surface area contributed by atoms with Crippen LogP contribution in [-0.2, 0) is 14.8 Å². The first-order valence-electron chi connectivity index (χ1n) is 7.96. The summed E-state index contributed by atoms with van der Waals surface area (Å²) < 4.78 is 31.8. The number of carbonyl (C=O) groups is 1. The molecule has 0 aliphatic carbocycles. The molecule has 24 heavy (non-hydrogen) atoms. The first-order chi connectivity index (χ1) is 11.5. The molecule has 1 aromatic heterocycles. The van der Waals surface area contributed by atoms with Crippen LogP contribution in [0.4, 0.5) is 0 Å². The third-order valence-corrected chi connectivity index (χ3v) is 5.73. The number of nitrogens with one attached hydrogen (secondary N) is 1. The molecule has 9 heteroatoms. The lowest BCUT2D eigenvalue weighted by Gasteiger charge is -2.21. The Morgan fingerprint density at radius 2 is 2.08 bits per heavy atom. The van der Waals surface area contributed by atoms with Crippen LogP contribution in [0.3, 0.4) is 0 Å². The Labute approximate surface area is 142 Å². The van der Waals surface area contributed by atoms with E-state index in [4.69, 9.17) is 4.74 Å². The number of pyridine rings is 1. The van der Waals surface area contributed by atoms with Gasteiger partial charge in [0.1, 0.15) is 4.90 Å². The molecule has 1 saturated heterocycles. The number of methoxy groups -OCH3 is 1. The molecule has 1 amide bonds. The van der Waals surface area contributed by atoms with Crippen LogP contribution in [0.1, 0.15) is 13.3 Å². The Morgan fingerprint density at radius 3 is 2.71 bits per heavy atom. The van der Waals surface area contributed by atoms with Gasteiger partial charge < -0.3 is 10.1 Å². The number of aromatic nitrogens is 1. The van der Waals surface area contributed by atoms with Crippen LogP contribution in [0.15, 0.2) is 23.2 Å². The highest BCUT2D eigenvalue weighted by Crippen LogP contribution is 2.18. The number of likely N-dealkylation sites (N-methyl/N-ethyl adjacent to an activating group) is 1. The van der Waals surface area contributed by atoms with Crippen LogP contribution in [-0.4, -0.2) is 74.9 Å². The summed E-state index contributed by atoms with van der Waals surface area (Å²) in [5.41, 5.74) is 0. The van der Waals surface area contributed by atoms with Gasteiger partial charge in [0.2, 0.25) is 21.8 Å². The van der Waals surface area contributed by atoms with E-state index in [2.05, 4.69) is 10.3 Å². The second-order valence-corrected chi connectivity index (χ2v) is 7.46. The lowest BCUT2D eigenvalue weighted by molar-refractivity contribution is -0.122. The van der Waals surface area contributed by atoms with E-state index in [0.29, 0.717) is 51.6 Å². The minimum absolute atomic E-state index is 0.0341. The number of ether oxygens (including phenoxy) is 1. The quantitative estimate of drug-likeness (QED) is 0.767. The number of hydrogen-bond donors (Lipinski definition) is 1. The van der Waals surface area contributed by atoms with E-state index in [1.165, 1.54) is 29.7 Å². The van der Waals surface area contributed by atoms with Crippen molar-refractivity contribution in [2.24, 2.45) is 0 Å². The third-order valence-electron chi connectivity index (χ3n) is 3.84. The van der Waals surface area contributed by atoms with E-state index in [9.17, 15) is 13.2 Å². The predicted octanol–water partition coefficient (Wildman–Crippen LogP) is -0.0773. The fourth-order valence-electron chi connectivity index (χ4n) is 2.59. The van der Waals surface area contributed by atoms with Crippen molar-refractivity contribution in [3.8, 4) is 5.88 Å². The highest BCUT2D eigenvalue weighted by Gasteiger charge is 2.27. The second-order valence-electron chi connectivity index (χ2n) is 5.52. The number of carbonyl (C=O) groups excluding carboxylic acids is 1. The van der Waals surface area contributed by atoms with Crippen LogP contribution >= 0.6 is 0 Å². The van der Waals surface area contributed by atoms with Crippen molar-refractivity contribution in [1.82, 2.24) is 19.5 Å². The number of rotatable bonds is 6. The lowest BCUT2D eigenvalue weighted by atomic mass is 10.4. The highest BCUT2D eigenvalue weighted by atomic mass is 32.2. The van der Waals surface area contributed by atoms with Gasteiger partial charge in [-0.05, 0) is 26.0 Å². The zero-order chi connectivity index (χ0) is 17.6. The number of hydrogen-bond acceptors (Lipinski definition) is 6. The van der Waals surface area contributed by atoms with Gasteiger partial charge >= 0.3 is 0 Å². The smallest absolute Gasteiger partial charge is 0.244 e. The molecule has 1 N–H and O–H groups in total. The molecular weight excluding hydrogens is 332 g/mol. The Bertz CT molecular complexity index is 648. The molecule has 8 nitrogen and oxygen atoms in total. The van der Waals surface area contributed by atoms with E-state index >= 15 is 0 Å². The molecular formula is C15H24N4O4S. The molecule has 2 heterocycles. The van der Waals surface area contributed by atoms with Crippen molar-refractivity contribution in [2.75, 3.05) is 46.4 Å². The van der Waals surface area contributed by atoms with Crippen molar-refractivity contribution in [3.05, 3.63) is 18.3 Å². The van der Waals surface area contributed by atoms with Crippen molar-refractivity contribution in [3.63, 3.8) is 0 Å². The highest BCUT2D eigenvalue weighted by molar-refractivity contribution is 7.89. The van der Waals surface area contributed by atoms with Gasteiger partial charge in [-0.3, -0.25) is 9.69 Å². The zero-order valence-corrected chi connectivity index (χ0v) is 14.9. The second kappa shape index (κ2) is 8.41. The maximum Gasteiger partial charge on any atom is 0.244 e. The molecule has 0 radical (unpaired) electrons. The molecule has 2 rings (SSSR count). The maximum atomic E-state index is 12.7. The van der Waals surface area contributed by atoms with E-state index in [-0.39, 0.29) is 10.8 Å². The SMILES string of the molecule is CCNC(=O)CN1CCCN(S(=O)(=O)c2ccc(OC)nc2)CC1. The average Bonchev–Trinajstić information content (AvgIpc) is 2.81. The molecule has 0 bridgehead atoms. The molecule has 1 aliphatic heterocycles. The normalized spacial score (nSPS) is 17.2. The lowest BCUT2D eigenvalue weighted by Crippen LogP contribution is -2.40. The topological polar surface area (TPSA) is 91.8 Å². The van der Waals surface area contributed by atoms with Gasteiger partial charge in [-0.1, -0.05) is 0 Å². The Hall–Kier alpha value is -1.71. The summed E-state index contributed by atoms with van der Waals surface area (Å²) in [7, 11) is -2.10. The number of nitrogens with zero attached hydrogens (tertiary/aromatic N) is 3. The van der Waals surface area contributed by atoms with Crippen molar-refractivity contribution in [2.45, 2.75) is 18.2 Å². The molecule has 0 aromatic carbocycles. The molecule has 134 valence electrons. The van der Waals surface area contributed by atoms with Crippen LogP contribution in [0, 0.1) is 0 Å². The number of sulfonamides is 1. The first-order valence-corrected chi connectivity index (χ1v) is 9.40. The molecule has 0 unspecified atom stereocenters. The van der Waals surface area contributed by atoms with Crippen molar-refractivity contribution in [1.29, 1.82) is 0 Å². The maximum absolute atomic E-state index is 12.7. The molecule has 1 aliphatic rings. The van der Waals surface area contributed by atoms with Gasteiger partial charge in [0, 0.05) is 32.2 Å². The monoisotopic (exact) mass is 356 g/mol. The Kier molecular flexibility index (Phi) is 6.52. The molecule has 1 aromatic rings. The Morgan fingerprint density at radius 1 is 1.29 bits per heavy atom. The summed E-state index contributed by atoms with van der Waals surface area (Å²) in [6.07, 6.45) is 1.99. The van der Waals surface area contributed by atoms with E-state index < -0.39 is 10.0 Å². The van der Waals surface area contributed by atoms with Crippen molar-refractivity contribution >= 4 is 15.9 Å². The summed E-state index contributed by atoms with van der Waals surface area (Å²) >= 11 is 0. The fraction of sp³-hybridized carbons (Fsp3) is 0.600. The molecule has 0 saturated carbocycles. The van der Waals surface area contributed by atoms with Gasteiger partial charge in [0.25, 0.3) is 0 Å². The first kappa shape index (κ1) is 18.6. The summed E-state index contributed by atoms with van der Waals surface area (Å²) in [6, 6.07) is 3.03. The summed E-state index contributed by atoms with van der Waals surface area (Å²) in [5.74, 6) is 0.339. The minimum Gasteiger partial charge on any atom is -0.481 e. The molecule has 0 atom stereocenters. The van der Waals surface area contributed by atoms with Crippen LogP contribution in [0.2, 0.25) is 0 Å². The molecule has 1 fully saturated rings. The zero-order valence-electron chi connectivity index (χ0n) is 14.1. The van der Waals surface area contributed by atoms with Crippen molar-refractivity contribution < 1.29 is 17.9 Å². The predicted molar refractivity (Wildman–Crippen MR) is 89.3 cm³/mol. The fourth-order valence-corrected chi connectivity index (χ4v) is 4.01. The van der Waals surface area contributed by atoms with Crippen LogP contribution in [0.5, 0.6) is 5.88 Å².